The van der Waals surface area contributed by atoms with Gasteiger partial charge in [-0.1, -0.05) is 12.1 Å². The minimum Gasteiger partial charge on any atom is -0.399 e. The van der Waals surface area contributed by atoms with Crippen molar-refractivity contribution in [2.45, 2.75) is 17.6 Å². The second-order valence-corrected chi connectivity index (χ2v) is 6.83. The summed E-state index contributed by atoms with van der Waals surface area (Å²) in [6, 6.07) is 10.9. The van der Waals surface area contributed by atoms with Crippen molar-refractivity contribution in [2.24, 2.45) is 5.73 Å². The van der Waals surface area contributed by atoms with Crippen LogP contribution in [0.15, 0.2) is 47.4 Å². The van der Waals surface area contributed by atoms with E-state index < -0.39 is 15.7 Å². The zero-order valence-electron chi connectivity index (χ0n) is 11.5. The highest BCUT2D eigenvalue weighted by Crippen LogP contribution is 2.21. The lowest BCUT2D eigenvalue weighted by Gasteiger charge is -2.08. The summed E-state index contributed by atoms with van der Waals surface area (Å²) in [7, 11) is -3.50. The monoisotopic (exact) mass is 304 g/mol. The Hall–Kier alpha value is -2.34. The van der Waals surface area contributed by atoms with E-state index in [-0.39, 0.29) is 16.2 Å². The zero-order chi connectivity index (χ0) is 15.6. The van der Waals surface area contributed by atoms with Crippen LogP contribution in [0.5, 0.6) is 0 Å². The summed E-state index contributed by atoms with van der Waals surface area (Å²) in [4.78, 5) is 11.3. The molecule has 0 spiro atoms. The third-order valence-electron chi connectivity index (χ3n) is 3.17. The molecule has 0 aliphatic rings. The highest BCUT2D eigenvalue weighted by Gasteiger charge is 2.16. The summed E-state index contributed by atoms with van der Waals surface area (Å²) in [5.41, 5.74) is 12.9. The number of amides is 1. The molecule has 6 heteroatoms. The van der Waals surface area contributed by atoms with Gasteiger partial charge >= 0.3 is 0 Å². The summed E-state index contributed by atoms with van der Waals surface area (Å²) in [6.07, 6.45) is 0. The first-order chi connectivity index (χ1) is 9.79. The van der Waals surface area contributed by atoms with Gasteiger partial charge < -0.3 is 11.5 Å². The Bertz CT molecular complexity index is 798. The van der Waals surface area contributed by atoms with E-state index in [9.17, 15) is 13.2 Å². The standard InChI is InChI=1S/C15H16N2O3S/c1-10-7-13(5-6-14(10)16)21(19,20)9-11-3-2-4-12(8-11)15(17)18/h2-8H,9,16H2,1H3,(H2,17,18). The first-order valence-electron chi connectivity index (χ1n) is 6.27. The van der Waals surface area contributed by atoms with Gasteiger partial charge in [0.25, 0.3) is 0 Å². The number of rotatable bonds is 4. The van der Waals surface area contributed by atoms with Gasteiger partial charge in [0.2, 0.25) is 5.91 Å². The largest absolute Gasteiger partial charge is 0.399 e. The van der Waals surface area contributed by atoms with Crippen LogP contribution in [0.2, 0.25) is 0 Å². The zero-order valence-corrected chi connectivity index (χ0v) is 12.4. The molecule has 0 aromatic heterocycles. The number of carbonyl (C=O) groups excluding carboxylic acids is 1. The van der Waals surface area contributed by atoms with Crippen LogP contribution in [0, 0.1) is 6.92 Å². The number of primary amides is 1. The Balaban J connectivity index is 2.35. The summed E-state index contributed by atoms with van der Waals surface area (Å²) >= 11 is 0. The van der Waals surface area contributed by atoms with Crippen molar-refractivity contribution in [1.82, 2.24) is 0 Å². The third kappa shape index (κ3) is 3.41. The van der Waals surface area contributed by atoms with E-state index >= 15 is 0 Å². The fraction of sp³-hybridized carbons (Fsp3) is 0.133. The predicted molar refractivity (Wildman–Crippen MR) is 81.4 cm³/mol. The maximum absolute atomic E-state index is 12.4. The van der Waals surface area contributed by atoms with Gasteiger partial charge in [-0.25, -0.2) is 8.42 Å². The van der Waals surface area contributed by atoms with Crippen LogP contribution in [-0.4, -0.2) is 14.3 Å². The fourth-order valence-corrected chi connectivity index (χ4v) is 3.38. The molecule has 0 aliphatic heterocycles. The summed E-state index contributed by atoms with van der Waals surface area (Å²) < 4.78 is 24.8. The van der Waals surface area contributed by atoms with Gasteiger partial charge in [-0.2, -0.15) is 0 Å². The molecule has 0 radical (unpaired) electrons. The fourth-order valence-electron chi connectivity index (χ4n) is 1.96. The molecule has 2 aromatic rings. The van der Waals surface area contributed by atoms with Gasteiger partial charge in [-0.15, -0.1) is 0 Å². The molecule has 0 atom stereocenters. The smallest absolute Gasteiger partial charge is 0.248 e. The normalized spacial score (nSPS) is 11.3. The number of nitrogens with two attached hydrogens (primary N) is 2. The molecular weight excluding hydrogens is 288 g/mol. The summed E-state index contributed by atoms with van der Waals surface area (Å²) in [5.74, 6) is -0.783. The van der Waals surface area contributed by atoms with Crippen LogP contribution in [0.1, 0.15) is 21.5 Å². The van der Waals surface area contributed by atoms with Crippen LogP contribution in [0.4, 0.5) is 5.69 Å². The third-order valence-corrected chi connectivity index (χ3v) is 4.85. The first-order valence-corrected chi connectivity index (χ1v) is 7.92. The van der Waals surface area contributed by atoms with E-state index in [1.807, 2.05) is 0 Å². The number of sulfone groups is 1. The van der Waals surface area contributed by atoms with Crippen LogP contribution in [-0.2, 0) is 15.6 Å². The lowest BCUT2D eigenvalue weighted by atomic mass is 10.1. The summed E-state index contributed by atoms with van der Waals surface area (Å²) in [6.45, 7) is 1.75. The lowest BCUT2D eigenvalue weighted by molar-refractivity contribution is 0.1000. The van der Waals surface area contributed by atoms with Crippen molar-refractivity contribution in [1.29, 1.82) is 0 Å². The number of benzene rings is 2. The molecule has 0 heterocycles. The average molecular weight is 304 g/mol. The van der Waals surface area contributed by atoms with E-state index in [1.165, 1.54) is 12.1 Å². The highest BCUT2D eigenvalue weighted by molar-refractivity contribution is 7.90. The van der Waals surface area contributed by atoms with Gasteiger partial charge in [0, 0.05) is 11.3 Å². The highest BCUT2D eigenvalue weighted by atomic mass is 32.2. The molecule has 4 N–H and O–H groups in total. The van der Waals surface area contributed by atoms with Crippen LogP contribution in [0.25, 0.3) is 0 Å². The van der Waals surface area contributed by atoms with Gasteiger partial charge in [0.15, 0.2) is 9.84 Å². The molecule has 5 nitrogen and oxygen atoms in total. The number of anilines is 1. The maximum atomic E-state index is 12.4. The Morgan fingerprint density at radius 3 is 2.48 bits per heavy atom. The number of hydrogen-bond acceptors (Lipinski definition) is 4. The van der Waals surface area contributed by atoms with Crippen LogP contribution < -0.4 is 11.5 Å². The second-order valence-electron chi connectivity index (χ2n) is 4.84. The van der Waals surface area contributed by atoms with Crippen molar-refractivity contribution in [3.8, 4) is 0 Å². The molecule has 1 amide bonds. The van der Waals surface area contributed by atoms with Crippen molar-refractivity contribution >= 4 is 21.4 Å². The van der Waals surface area contributed by atoms with Gasteiger partial charge in [0.05, 0.1) is 10.6 Å². The molecule has 110 valence electrons. The Labute approximate surface area is 123 Å². The van der Waals surface area contributed by atoms with E-state index in [4.69, 9.17) is 11.5 Å². The van der Waals surface area contributed by atoms with E-state index in [0.717, 1.165) is 0 Å². The Morgan fingerprint density at radius 1 is 1.14 bits per heavy atom. The SMILES string of the molecule is Cc1cc(S(=O)(=O)Cc2cccc(C(N)=O)c2)ccc1N. The quantitative estimate of drug-likeness (QED) is 0.838. The van der Waals surface area contributed by atoms with Gasteiger partial charge in [-0.05, 0) is 48.4 Å². The van der Waals surface area contributed by atoms with Gasteiger partial charge in [0.1, 0.15) is 0 Å². The van der Waals surface area contributed by atoms with Crippen LogP contribution >= 0.6 is 0 Å². The predicted octanol–water partition coefficient (Wildman–Crippen LogP) is 1.65. The molecule has 2 aromatic carbocycles. The van der Waals surface area contributed by atoms with E-state index in [1.54, 1.807) is 37.3 Å². The van der Waals surface area contributed by atoms with Crippen molar-refractivity contribution in [3.63, 3.8) is 0 Å². The van der Waals surface area contributed by atoms with Crippen molar-refractivity contribution < 1.29 is 13.2 Å². The van der Waals surface area contributed by atoms with E-state index in [0.29, 0.717) is 16.8 Å². The molecular formula is C15H16N2O3S. The number of hydrogen-bond donors (Lipinski definition) is 2. The molecule has 0 saturated heterocycles. The lowest BCUT2D eigenvalue weighted by Crippen LogP contribution is -2.12. The molecule has 2 rings (SSSR count). The molecule has 21 heavy (non-hydrogen) atoms. The topological polar surface area (TPSA) is 103 Å². The minimum absolute atomic E-state index is 0.197. The number of nitrogen functional groups attached to an aromatic ring is 1. The number of carbonyl (C=O) groups is 1. The maximum Gasteiger partial charge on any atom is 0.248 e. The second kappa shape index (κ2) is 5.57. The minimum atomic E-state index is -3.50. The molecule has 0 fully saturated rings. The molecule has 0 unspecified atom stereocenters. The molecule has 0 aliphatic carbocycles. The molecule has 0 bridgehead atoms. The van der Waals surface area contributed by atoms with Crippen molar-refractivity contribution in [2.75, 3.05) is 5.73 Å². The molecule has 0 saturated carbocycles. The average Bonchev–Trinajstić information content (AvgIpc) is 2.41. The van der Waals surface area contributed by atoms with Crippen LogP contribution in [0.3, 0.4) is 0 Å². The number of aryl methyl sites for hydroxylation is 1. The van der Waals surface area contributed by atoms with Crippen molar-refractivity contribution in [3.05, 3.63) is 59.2 Å². The van der Waals surface area contributed by atoms with E-state index in [2.05, 4.69) is 0 Å². The van der Waals surface area contributed by atoms with Gasteiger partial charge in [-0.3, -0.25) is 4.79 Å². The Morgan fingerprint density at radius 2 is 1.86 bits per heavy atom. The Kier molecular flexibility index (Phi) is 3.99. The first kappa shape index (κ1) is 15.1. The summed E-state index contributed by atoms with van der Waals surface area (Å²) in [5, 5.41) is 0.